The third-order valence-corrected chi connectivity index (χ3v) is 6.09. The summed E-state index contributed by atoms with van der Waals surface area (Å²) in [6.45, 7) is 5.42. The highest BCUT2D eigenvalue weighted by Crippen LogP contribution is 2.43. The Hall–Kier alpha value is -1.86. The van der Waals surface area contributed by atoms with Crippen molar-refractivity contribution in [1.29, 1.82) is 0 Å². The second kappa shape index (κ2) is 6.50. The van der Waals surface area contributed by atoms with E-state index in [0.29, 0.717) is 10.6 Å². The molecule has 0 atom stereocenters. The van der Waals surface area contributed by atoms with Crippen molar-refractivity contribution in [2.45, 2.75) is 26.4 Å². The number of carbonyl (C=O) groups excluding carboxylic acids is 1. The van der Waals surface area contributed by atoms with Gasteiger partial charge >= 0.3 is 5.97 Å². The number of carbonyl (C=O) groups is 1. The van der Waals surface area contributed by atoms with Crippen LogP contribution in [0.2, 0.25) is 0 Å². The van der Waals surface area contributed by atoms with Gasteiger partial charge in [-0.1, -0.05) is 60.7 Å². The Bertz CT molecular complexity index is 629. The molecule has 0 aromatic heterocycles. The summed E-state index contributed by atoms with van der Waals surface area (Å²) < 4.78 is 19.0. The molecule has 0 spiro atoms. The highest BCUT2D eigenvalue weighted by molar-refractivity contribution is 7.79. The molecular formula is C18H21O3P. The van der Waals surface area contributed by atoms with E-state index < -0.39 is 18.7 Å². The molecule has 2 aromatic carbocycles. The zero-order valence-electron chi connectivity index (χ0n) is 13.2. The Kier molecular flexibility index (Phi) is 4.87. The zero-order valence-corrected chi connectivity index (χ0v) is 14.0. The highest BCUT2D eigenvalue weighted by atomic mass is 31.2. The van der Waals surface area contributed by atoms with Gasteiger partial charge in [0.1, 0.15) is 11.8 Å². The Morgan fingerprint density at radius 3 is 1.68 bits per heavy atom. The van der Waals surface area contributed by atoms with Crippen LogP contribution in [0.15, 0.2) is 60.7 Å². The fourth-order valence-electron chi connectivity index (χ4n) is 2.22. The van der Waals surface area contributed by atoms with Gasteiger partial charge in [-0.05, 0) is 20.8 Å². The lowest BCUT2D eigenvalue weighted by Gasteiger charge is -2.23. The van der Waals surface area contributed by atoms with E-state index >= 15 is 0 Å². The molecule has 0 saturated carbocycles. The molecule has 22 heavy (non-hydrogen) atoms. The molecular weight excluding hydrogens is 295 g/mol. The van der Waals surface area contributed by atoms with Crippen LogP contribution in [0.3, 0.4) is 0 Å². The fourth-order valence-corrected chi connectivity index (χ4v) is 4.62. The molecule has 0 N–H and O–H groups in total. The monoisotopic (exact) mass is 316 g/mol. The van der Waals surface area contributed by atoms with Crippen molar-refractivity contribution in [3.05, 3.63) is 60.7 Å². The minimum atomic E-state index is -3.04. The van der Waals surface area contributed by atoms with Crippen LogP contribution >= 0.6 is 7.14 Å². The molecule has 0 radical (unpaired) electrons. The van der Waals surface area contributed by atoms with E-state index in [2.05, 4.69) is 0 Å². The maximum atomic E-state index is 13.6. The summed E-state index contributed by atoms with van der Waals surface area (Å²) in [7, 11) is -3.04. The average Bonchev–Trinajstić information content (AvgIpc) is 2.47. The first-order chi connectivity index (χ1) is 10.3. The smallest absolute Gasteiger partial charge is 0.314 e. The molecule has 0 heterocycles. The molecule has 0 aliphatic rings. The van der Waals surface area contributed by atoms with Gasteiger partial charge in [0.2, 0.25) is 0 Å². The fraction of sp³-hybridized carbons (Fsp3) is 0.278. The van der Waals surface area contributed by atoms with Crippen LogP contribution in [0.1, 0.15) is 20.8 Å². The molecule has 0 fully saturated rings. The van der Waals surface area contributed by atoms with E-state index in [0.717, 1.165) is 0 Å². The molecule has 4 heteroatoms. The van der Waals surface area contributed by atoms with Crippen LogP contribution in [0, 0.1) is 0 Å². The first kappa shape index (κ1) is 16.5. The molecule has 2 rings (SSSR count). The molecule has 0 aliphatic heterocycles. The van der Waals surface area contributed by atoms with Crippen molar-refractivity contribution < 1.29 is 14.1 Å². The number of rotatable bonds is 4. The predicted octanol–water partition coefficient (Wildman–Crippen LogP) is 3.34. The standard InChI is InChI=1S/C18H21O3P/c1-18(2,3)21-17(19)14-22(20,15-10-6-4-7-11-15)16-12-8-5-9-13-16/h4-13H,14H2,1-3H3. The molecule has 0 bridgehead atoms. The van der Waals surface area contributed by atoms with Crippen LogP contribution in [0.25, 0.3) is 0 Å². The molecule has 0 saturated heterocycles. The van der Waals surface area contributed by atoms with E-state index in [4.69, 9.17) is 4.74 Å². The summed E-state index contributed by atoms with van der Waals surface area (Å²) in [5.74, 6) is -0.441. The molecule has 2 aromatic rings. The van der Waals surface area contributed by atoms with E-state index in [1.807, 2.05) is 36.4 Å². The first-order valence-electron chi connectivity index (χ1n) is 7.23. The SMILES string of the molecule is CC(C)(C)OC(=O)CP(=O)(c1ccccc1)c1ccccc1. The van der Waals surface area contributed by atoms with Gasteiger partial charge < -0.3 is 9.30 Å². The first-order valence-corrected chi connectivity index (χ1v) is 9.13. The maximum Gasteiger partial charge on any atom is 0.314 e. The summed E-state index contributed by atoms with van der Waals surface area (Å²) in [6, 6.07) is 18.3. The number of esters is 1. The van der Waals surface area contributed by atoms with Gasteiger partial charge in [0.15, 0.2) is 7.14 Å². The topological polar surface area (TPSA) is 43.4 Å². The van der Waals surface area contributed by atoms with Crippen molar-refractivity contribution in [3.63, 3.8) is 0 Å². The average molecular weight is 316 g/mol. The summed E-state index contributed by atoms with van der Waals surface area (Å²) in [5, 5.41) is 1.35. The maximum absolute atomic E-state index is 13.6. The molecule has 3 nitrogen and oxygen atoms in total. The Morgan fingerprint density at radius 1 is 0.909 bits per heavy atom. The lowest BCUT2D eigenvalue weighted by atomic mass is 10.2. The molecule has 0 amide bonds. The summed E-state index contributed by atoms with van der Waals surface area (Å²) >= 11 is 0. The normalized spacial score (nSPS) is 12.0. The second-order valence-electron chi connectivity index (χ2n) is 6.16. The second-order valence-corrected chi connectivity index (χ2v) is 8.98. The van der Waals surface area contributed by atoms with Crippen molar-refractivity contribution in [1.82, 2.24) is 0 Å². The van der Waals surface area contributed by atoms with Gasteiger partial charge in [0.25, 0.3) is 0 Å². The Labute approximate surface area is 131 Å². The summed E-state index contributed by atoms with van der Waals surface area (Å²) in [6.07, 6.45) is -0.127. The van der Waals surface area contributed by atoms with E-state index in [-0.39, 0.29) is 6.16 Å². The van der Waals surface area contributed by atoms with E-state index in [9.17, 15) is 9.36 Å². The van der Waals surface area contributed by atoms with Gasteiger partial charge in [-0.2, -0.15) is 0 Å². The van der Waals surface area contributed by atoms with Crippen molar-refractivity contribution in [3.8, 4) is 0 Å². The number of hydrogen-bond donors (Lipinski definition) is 0. The number of ether oxygens (including phenoxy) is 1. The minimum Gasteiger partial charge on any atom is -0.460 e. The van der Waals surface area contributed by atoms with Gasteiger partial charge in [-0.3, -0.25) is 4.79 Å². The van der Waals surface area contributed by atoms with E-state index in [1.54, 1.807) is 45.0 Å². The van der Waals surface area contributed by atoms with Crippen LogP contribution in [-0.2, 0) is 14.1 Å². The van der Waals surface area contributed by atoms with Crippen molar-refractivity contribution in [2.75, 3.05) is 6.16 Å². The molecule has 116 valence electrons. The van der Waals surface area contributed by atoms with Gasteiger partial charge in [0, 0.05) is 10.6 Å². The van der Waals surface area contributed by atoms with Gasteiger partial charge in [-0.25, -0.2) is 0 Å². The highest BCUT2D eigenvalue weighted by Gasteiger charge is 2.32. The van der Waals surface area contributed by atoms with Gasteiger partial charge in [0.05, 0.1) is 0 Å². The van der Waals surface area contributed by atoms with Crippen LogP contribution in [0.5, 0.6) is 0 Å². The zero-order chi connectivity index (χ0) is 16.2. The molecule has 0 unspecified atom stereocenters. The summed E-state index contributed by atoms with van der Waals surface area (Å²) in [4.78, 5) is 12.2. The quantitative estimate of drug-likeness (QED) is 0.642. The van der Waals surface area contributed by atoms with Crippen molar-refractivity contribution in [2.24, 2.45) is 0 Å². The third kappa shape index (κ3) is 4.08. The van der Waals surface area contributed by atoms with Crippen molar-refractivity contribution >= 4 is 23.7 Å². The number of hydrogen-bond acceptors (Lipinski definition) is 3. The lowest BCUT2D eigenvalue weighted by molar-refractivity contribution is -0.151. The molecule has 0 aliphatic carbocycles. The van der Waals surface area contributed by atoms with E-state index in [1.165, 1.54) is 0 Å². The number of benzene rings is 2. The minimum absolute atomic E-state index is 0.127. The van der Waals surface area contributed by atoms with Crippen LogP contribution < -0.4 is 10.6 Å². The van der Waals surface area contributed by atoms with Crippen LogP contribution in [-0.4, -0.2) is 17.7 Å². The van der Waals surface area contributed by atoms with Crippen LogP contribution in [0.4, 0.5) is 0 Å². The Morgan fingerprint density at radius 2 is 1.32 bits per heavy atom. The van der Waals surface area contributed by atoms with Gasteiger partial charge in [-0.15, -0.1) is 0 Å². The largest absolute Gasteiger partial charge is 0.460 e. The Balaban J connectivity index is 2.40. The summed E-state index contributed by atoms with van der Waals surface area (Å²) in [5.41, 5.74) is -0.588. The predicted molar refractivity (Wildman–Crippen MR) is 90.5 cm³/mol. The lowest BCUT2D eigenvalue weighted by Crippen LogP contribution is -2.29. The third-order valence-electron chi connectivity index (χ3n) is 3.12.